The van der Waals surface area contributed by atoms with Crippen LogP contribution in [-0.4, -0.2) is 32.0 Å². The van der Waals surface area contributed by atoms with E-state index in [1.165, 1.54) is 19.2 Å². The summed E-state index contributed by atoms with van der Waals surface area (Å²) in [6.45, 7) is 0.683. The molecule has 0 fully saturated rings. The van der Waals surface area contributed by atoms with Crippen LogP contribution >= 0.6 is 12.4 Å². The molecular weight excluding hydrogens is 373 g/mol. The lowest BCUT2D eigenvalue weighted by atomic mass is 10.1. The van der Waals surface area contributed by atoms with E-state index in [1.54, 1.807) is 30.3 Å². The van der Waals surface area contributed by atoms with Gasteiger partial charge in [0.05, 0.1) is 18.4 Å². The number of hydrogen-bond donors (Lipinski definition) is 3. The van der Waals surface area contributed by atoms with Gasteiger partial charge in [0.15, 0.2) is 11.6 Å². The fourth-order valence-corrected chi connectivity index (χ4v) is 2.41. The zero-order valence-electron chi connectivity index (χ0n) is 15.0. The molecule has 0 aliphatic heterocycles. The van der Waals surface area contributed by atoms with Crippen LogP contribution in [0.2, 0.25) is 0 Å². The Morgan fingerprint density at radius 3 is 2.59 bits per heavy atom. The van der Waals surface area contributed by atoms with Gasteiger partial charge in [-0.05, 0) is 36.2 Å². The normalized spacial score (nSPS) is 9.89. The van der Waals surface area contributed by atoms with Gasteiger partial charge in [0, 0.05) is 19.5 Å². The second kappa shape index (κ2) is 11.2. The van der Waals surface area contributed by atoms with Gasteiger partial charge in [-0.1, -0.05) is 18.2 Å². The second-order valence-electron chi connectivity index (χ2n) is 5.61. The smallest absolute Gasteiger partial charge is 0.253 e. The van der Waals surface area contributed by atoms with Crippen LogP contribution in [0.4, 0.5) is 10.1 Å². The van der Waals surface area contributed by atoms with E-state index >= 15 is 0 Å². The Balaban J connectivity index is 0.00000364. The van der Waals surface area contributed by atoms with Gasteiger partial charge in [-0.25, -0.2) is 4.39 Å². The van der Waals surface area contributed by atoms with Crippen LogP contribution in [-0.2, 0) is 11.2 Å². The maximum absolute atomic E-state index is 13.7. The number of benzene rings is 2. The summed E-state index contributed by atoms with van der Waals surface area (Å²) in [5.41, 5.74) is 6.86. The molecule has 0 aromatic heterocycles. The molecule has 0 aliphatic rings. The van der Waals surface area contributed by atoms with Gasteiger partial charge in [0.25, 0.3) is 5.91 Å². The average molecular weight is 396 g/mol. The van der Waals surface area contributed by atoms with E-state index in [0.29, 0.717) is 36.3 Å². The number of halogens is 2. The van der Waals surface area contributed by atoms with E-state index in [-0.39, 0.29) is 36.4 Å². The third kappa shape index (κ3) is 6.54. The summed E-state index contributed by atoms with van der Waals surface area (Å²) in [6.07, 6.45) is 0.527. The molecule has 6 nitrogen and oxygen atoms in total. The molecule has 2 rings (SSSR count). The van der Waals surface area contributed by atoms with E-state index in [4.69, 9.17) is 10.5 Å². The molecule has 0 unspecified atom stereocenters. The highest BCUT2D eigenvalue weighted by Gasteiger charge is 2.13. The predicted octanol–water partition coefficient (Wildman–Crippen LogP) is 2.52. The maximum atomic E-state index is 13.7. The van der Waals surface area contributed by atoms with E-state index in [0.717, 1.165) is 0 Å². The number of amides is 2. The highest BCUT2D eigenvalue weighted by atomic mass is 35.5. The van der Waals surface area contributed by atoms with E-state index in [2.05, 4.69) is 10.6 Å². The Morgan fingerprint density at radius 1 is 1.19 bits per heavy atom. The average Bonchev–Trinajstić information content (AvgIpc) is 2.65. The van der Waals surface area contributed by atoms with Gasteiger partial charge in [0.1, 0.15) is 0 Å². The first kappa shape index (κ1) is 22.4. The molecule has 2 aromatic carbocycles. The van der Waals surface area contributed by atoms with Gasteiger partial charge >= 0.3 is 0 Å². The number of hydrogen-bond acceptors (Lipinski definition) is 4. The molecule has 2 aromatic rings. The lowest BCUT2D eigenvalue weighted by molar-refractivity contribution is -0.116. The summed E-state index contributed by atoms with van der Waals surface area (Å²) < 4.78 is 18.6. The molecule has 27 heavy (non-hydrogen) atoms. The number of aryl methyl sites for hydroxylation is 1. The molecule has 0 bridgehead atoms. The Morgan fingerprint density at radius 2 is 1.93 bits per heavy atom. The maximum Gasteiger partial charge on any atom is 0.253 e. The summed E-state index contributed by atoms with van der Waals surface area (Å²) in [7, 11) is 1.40. The zero-order chi connectivity index (χ0) is 18.9. The van der Waals surface area contributed by atoms with Crippen LogP contribution in [0, 0.1) is 5.82 Å². The van der Waals surface area contributed by atoms with Crippen molar-refractivity contribution >= 4 is 29.9 Å². The van der Waals surface area contributed by atoms with Crippen molar-refractivity contribution in [2.45, 2.75) is 12.8 Å². The SMILES string of the molecule is COc1ccc(CCC(=O)Nc2ccccc2C(=O)NCCN)cc1F.Cl. The molecule has 146 valence electrons. The van der Waals surface area contributed by atoms with Gasteiger partial charge in [-0.15, -0.1) is 12.4 Å². The zero-order valence-corrected chi connectivity index (χ0v) is 15.8. The Bertz CT molecular complexity index is 787. The largest absolute Gasteiger partial charge is 0.494 e. The van der Waals surface area contributed by atoms with Crippen LogP contribution in [0.1, 0.15) is 22.3 Å². The highest BCUT2D eigenvalue weighted by Crippen LogP contribution is 2.19. The van der Waals surface area contributed by atoms with Gasteiger partial charge < -0.3 is 21.1 Å². The standard InChI is InChI=1S/C19H22FN3O3.ClH/c1-26-17-8-6-13(12-15(17)20)7-9-18(24)23-16-5-3-2-4-14(16)19(25)22-11-10-21;/h2-6,8,12H,7,9-11,21H2,1H3,(H,22,25)(H,23,24);1H. The van der Waals surface area contributed by atoms with Crippen molar-refractivity contribution in [2.75, 3.05) is 25.5 Å². The molecule has 0 spiro atoms. The Kier molecular flexibility index (Phi) is 9.25. The minimum absolute atomic E-state index is 0. The second-order valence-corrected chi connectivity index (χ2v) is 5.61. The topological polar surface area (TPSA) is 93.4 Å². The van der Waals surface area contributed by atoms with Crippen LogP contribution in [0.25, 0.3) is 0 Å². The number of rotatable bonds is 8. The van der Waals surface area contributed by atoms with Crippen molar-refractivity contribution in [1.82, 2.24) is 5.32 Å². The Labute approximate surface area is 163 Å². The molecule has 0 radical (unpaired) electrons. The van der Waals surface area contributed by atoms with Crippen molar-refractivity contribution in [3.63, 3.8) is 0 Å². The molecule has 8 heteroatoms. The minimum atomic E-state index is -0.465. The minimum Gasteiger partial charge on any atom is -0.494 e. The van der Waals surface area contributed by atoms with Crippen LogP contribution in [0.15, 0.2) is 42.5 Å². The number of anilines is 1. The van der Waals surface area contributed by atoms with E-state index < -0.39 is 5.82 Å². The summed E-state index contributed by atoms with van der Waals surface area (Å²) in [5.74, 6) is -0.869. The van der Waals surface area contributed by atoms with Crippen LogP contribution in [0.3, 0.4) is 0 Å². The third-order valence-corrected chi connectivity index (χ3v) is 3.73. The lowest BCUT2D eigenvalue weighted by Crippen LogP contribution is -2.30. The van der Waals surface area contributed by atoms with Crippen LogP contribution in [0.5, 0.6) is 5.75 Å². The van der Waals surface area contributed by atoms with Crippen molar-refractivity contribution < 1.29 is 18.7 Å². The predicted molar refractivity (Wildman–Crippen MR) is 105 cm³/mol. The molecule has 4 N–H and O–H groups in total. The van der Waals surface area contributed by atoms with Crippen molar-refractivity contribution in [1.29, 1.82) is 0 Å². The molecule has 0 atom stereocenters. The van der Waals surface area contributed by atoms with Crippen molar-refractivity contribution in [3.05, 3.63) is 59.4 Å². The number of nitrogens with two attached hydrogens (primary N) is 1. The summed E-state index contributed by atoms with van der Waals surface area (Å²) in [5, 5.41) is 5.39. The highest BCUT2D eigenvalue weighted by molar-refractivity contribution is 6.03. The number of carbonyl (C=O) groups is 2. The number of carbonyl (C=O) groups excluding carboxylic acids is 2. The van der Waals surface area contributed by atoms with Gasteiger partial charge in [-0.3, -0.25) is 9.59 Å². The van der Waals surface area contributed by atoms with E-state index in [1.807, 2.05) is 0 Å². The molecule has 2 amide bonds. The number of ether oxygens (including phenoxy) is 1. The fraction of sp³-hybridized carbons (Fsp3) is 0.263. The summed E-state index contributed by atoms with van der Waals surface area (Å²) in [6, 6.07) is 11.3. The van der Waals surface area contributed by atoms with Crippen LogP contribution < -0.4 is 21.1 Å². The van der Waals surface area contributed by atoms with Gasteiger partial charge in [-0.2, -0.15) is 0 Å². The Hall–Kier alpha value is -2.64. The van der Waals surface area contributed by atoms with Gasteiger partial charge in [0.2, 0.25) is 5.91 Å². The summed E-state index contributed by atoms with van der Waals surface area (Å²) >= 11 is 0. The monoisotopic (exact) mass is 395 g/mol. The van der Waals surface area contributed by atoms with Crippen molar-refractivity contribution in [3.8, 4) is 5.75 Å². The number of para-hydroxylation sites is 1. The first-order valence-electron chi connectivity index (χ1n) is 8.24. The fourth-order valence-electron chi connectivity index (χ4n) is 2.41. The lowest BCUT2D eigenvalue weighted by Gasteiger charge is -2.11. The third-order valence-electron chi connectivity index (χ3n) is 3.73. The molecule has 0 saturated heterocycles. The molecule has 0 saturated carbocycles. The first-order chi connectivity index (χ1) is 12.5. The number of nitrogens with one attached hydrogen (secondary N) is 2. The number of methoxy groups -OCH3 is 1. The quantitative estimate of drug-likeness (QED) is 0.640. The van der Waals surface area contributed by atoms with E-state index in [9.17, 15) is 14.0 Å². The molecule has 0 heterocycles. The summed E-state index contributed by atoms with van der Waals surface area (Å²) in [4.78, 5) is 24.3. The molecular formula is C19H23ClFN3O3. The molecule has 0 aliphatic carbocycles. The van der Waals surface area contributed by atoms with Crippen molar-refractivity contribution in [2.24, 2.45) is 5.73 Å². The first-order valence-corrected chi connectivity index (χ1v) is 8.24.